The number of halogens is 3. The molecular weight excluding hydrogens is 278 g/mol. The highest BCUT2D eigenvalue weighted by Crippen LogP contribution is 2.49. The van der Waals surface area contributed by atoms with Gasteiger partial charge in [-0.3, -0.25) is 0 Å². The van der Waals surface area contributed by atoms with Crippen molar-refractivity contribution in [3.63, 3.8) is 0 Å². The summed E-state index contributed by atoms with van der Waals surface area (Å²) in [5.74, 6) is -3.56. The second-order valence-corrected chi connectivity index (χ2v) is 6.20. The lowest BCUT2D eigenvalue weighted by Gasteiger charge is -2.41. The van der Waals surface area contributed by atoms with Crippen molar-refractivity contribution in [2.75, 3.05) is 13.1 Å². The molecule has 0 aromatic carbocycles. The molecule has 1 saturated heterocycles. The van der Waals surface area contributed by atoms with E-state index in [4.69, 9.17) is 4.74 Å². The van der Waals surface area contributed by atoms with E-state index in [-0.39, 0.29) is 25.4 Å². The fourth-order valence-corrected chi connectivity index (χ4v) is 2.74. The number of fused-ring (bicyclic) bond motifs is 2. The first-order chi connectivity index (χ1) is 8.16. The van der Waals surface area contributed by atoms with E-state index >= 15 is 0 Å². The Morgan fingerprint density at radius 3 is 2.63 bits per heavy atom. The van der Waals surface area contributed by atoms with Gasteiger partial charge in [0.25, 0.3) is 5.92 Å². The highest BCUT2D eigenvalue weighted by Gasteiger charge is 2.65. The summed E-state index contributed by atoms with van der Waals surface area (Å²) in [5.41, 5.74) is -2.17. The van der Waals surface area contributed by atoms with Gasteiger partial charge < -0.3 is 15.4 Å². The van der Waals surface area contributed by atoms with Crippen molar-refractivity contribution in [3.05, 3.63) is 0 Å². The largest absolute Gasteiger partial charge is 0.444 e. The van der Waals surface area contributed by atoms with Crippen molar-refractivity contribution in [2.24, 2.45) is 5.92 Å². The van der Waals surface area contributed by atoms with Gasteiger partial charge in [-0.2, -0.15) is 0 Å². The highest BCUT2D eigenvalue weighted by atomic mass is 35.5. The molecule has 2 aliphatic rings. The van der Waals surface area contributed by atoms with Crippen LogP contribution < -0.4 is 10.6 Å². The number of amides is 1. The molecule has 2 bridgehead atoms. The smallest absolute Gasteiger partial charge is 0.408 e. The summed E-state index contributed by atoms with van der Waals surface area (Å²) in [6.45, 7) is 5.53. The number of carbonyl (C=O) groups is 1. The Labute approximate surface area is 118 Å². The van der Waals surface area contributed by atoms with Crippen LogP contribution in [-0.4, -0.2) is 36.2 Å². The van der Waals surface area contributed by atoms with Crippen molar-refractivity contribution in [2.45, 2.75) is 50.7 Å². The molecule has 2 atom stereocenters. The van der Waals surface area contributed by atoms with Crippen LogP contribution in [0.3, 0.4) is 0 Å². The first-order valence-electron chi connectivity index (χ1n) is 6.26. The third-order valence-electron chi connectivity index (χ3n) is 3.63. The minimum Gasteiger partial charge on any atom is -0.444 e. The summed E-state index contributed by atoms with van der Waals surface area (Å²) in [4.78, 5) is 11.7. The molecule has 7 heteroatoms. The fraction of sp³-hybridized carbons (Fsp3) is 0.917. The summed E-state index contributed by atoms with van der Waals surface area (Å²) >= 11 is 0. The van der Waals surface area contributed by atoms with Gasteiger partial charge in [-0.25, -0.2) is 13.6 Å². The van der Waals surface area contributed by atoms with Crippen LogP contribution in [0.1, 0.15) is 33.6 Å². The molecule has 1 amide bonds. The van der Waals surface area contributed by atoms with E-state index in [9.17, 15) is 13.6 Å². The van der Waals surface area contributed by atoms with Gasteiger partial charge in [-0.15, -0.1) is 12.4 Å². The predicted octanol–water partition coefficient (Wildman–Crippen LogP) is 2.32. The number of alkyl carbamates (subject to hydrolysis) is 1. The lowest BCUT2D eigenvalue weighted by molar-refractivity contribution is -0.115. The van der Waals surface area contributed by atoms with Crippen LogP contribution in [0, 0.1) is 5.92 Å². The van der Waals surface area contributed by atoms with Crippen LogP contribution in [0.15, 0.2) is 0 Å². The van der Waals surface area contributed by atoms with Gasteiger partial charge in [0.05, 0.1) is 0 Å². The van der Waals surface area contributed by atoms with E-state index in [2.05, 4.69) is 10.6 Å². The Balaban J connectivity index is 0.00000180. The van der Waals surface area contributed by atoms with Crippen LogP contribution in [0.4, 0.5) is 13.6 Å². The molecule has 2 fully saturated rings. The molecule has 0 aromatic heterocycles. The van der Waals surface area contributed by atoms with Gasteiger partial charge in [-0.1, -0.05) is 0 Å². The molecule has 1 aliphatic carbocycles. The first kappa shape index (κ1) is 16.4. The summed E-state index contributed by atoms with van der Waals surface area (Å²) in [6, 6.07) is 0. The van der Waals surface area contributed by atoms with E-state index in [0.717, 1.165) is 0 Å². The topological polar surface area (TPSA) is 50.4 Å². The van der Waals surface area contributed by atoms with Crippen molar-refractivity contribution in [3.8, 4) is 0 Å². The number of hydrogen-bond acceptors (Lipinski definition) is 3. The number of nitrogens with one attached hydrogen (secondary N) is 2. The maximum Gasteiger partial charge on any atom is 0.408 e. The molecule has 112 valence electrons. The van der Waals surface area contributed by atoms with Crippen molar-refractivity contribution < 1.29 is 18.3 Å². The molecule has 0 spiro atoms. The van der Waals surface area contributed by atoms with Crippen LogP contribution >= 0.6 is 12.4 Å². The first-order valence-corrected chi connectivity index (χ1v) is 6.26. The number of ether oxygens (including phenoxy) is 1. The normalized spacial score (nSPS) is 32.4. The van der Waals surface area contributed by atoms with Crippen molar-refractivity contribution >= 4 is 18.5 Å². The number of alkyl halides is 2. The number of carbonyl (C=O) groups excluding carboxylic acids is 1. The molecular formula is C12H21ClF2N2O2. The Bertz CT molecular complexity index is 356. The summed E-state index contributed by atoms with van der Waals surface area (Å²) in [7, 11) is 0. The second-order valence-electron chi connectivity index (χ2n) is 6.20. The predicted molar refractivity (Wildman–Crippen MR) is 69.9 cm³/mol. The second kappa shape index (κ2) is 5.05. The van der Waals surface area contributed by atoms with Gasteiger partial charge in [0, 0.05) is 19.0 Å². The molecule has 1 heterocycles. The van der Waals surface area contributed by atoms with Crippen molar-refractivity contribution in [1.82, 2.24) is 10.6 Å². The third-order valence-corrected chi connectivity index (χ3v) is 3.63. The fourth-order valence-electron chi connectivity index (χ4n) is 2.74. The SMILES string of the molecule is CC(C)(C)OC(=O)NC12CCC(CNC1)C2(F)F.Cl. The molecule has 1 aliphatic heterocycles. The molecule has 4 nitrogen and oxygen atoms in total. The van der Waals surface area contributed by atoms with E-state index in [1.54, 1.807) is 20.8 Å². The minimum atomic E-state index is -2.87. The van der Waals surface area contributed by atoms with Crippen LogP contribution in [0.5, 0.6) is 0 Å². The Morgan fingerprint density at radius 1 is 1.42 bits per heavy atom. The summed E-state index contributed by atoms with van der Waals surface area (Å²) in [6.07, 6.45) is -0.0567. The molecule has 0 aromatic rings. The lowest BCUT2D eigenvalue weighted by Crippen LogP contribution is -2.68. The highest BCUT2D eigenvalue weighted by molar-refractivity contribution is 5.85. The summed E-state index contributed by atoms with van der Waals surface area (Å²) in [5, 5.41) is 5.36. The molecule has 2 N–H and O–H groups in total. The number of rotatable bonds is 1. The molecule has 2 rings (SSSR count). The zero-order valence-corrected chi connectivity index (χ0v) is 12.2. The van der Waals surface area contributed by atoms with Crippen molar-refractivity contribution in [1.29, 1.82) is 0 Å². The molecule has 2 unspecified atom stereocenters. The monoisotopic (exact) mass is 298 g/mol. The lowest BCUT2D eigenvalue weighted by atomic mass is 9.88. The van der Waals surface area contributed by atoms with Gasteiger partial charge in [0.2, 0.25) is 0 Å². The van der Waals surface area contributed by atoms with Gasteiger partial charge in [0.15, 0.2) is 0 Å². The maximum atomic E-state index is 14.2. The van der Waals surface area contributed by atoms with Gasteiger partial charge in [-0.05, 0) is 33.6 Å². The Kier molecular flexibility index (Phi) is 4.37. The van der Waals surface area contributed by atoms with E-state index < -0.39 is 29.1 Å². The average molecular weight is 299 g/mol. The standard InChI is InChI=1S/C12H20F2N2O2.ClH/c1-10(2,3)18-9(17)16-11-5-4-8(6-15-7-11)12(11,13)14;/h8,15H,4-7H2,1-3H3,(H,16,17);1H. The minimum absolute atomic E-state index is 0. The summed E-state index contributed by atoms with van der Waals surface area (Å²) < 4.78 is 33.5. The number of hydrogen-bond donors (Lipinski definition) is 2. The number of piperidine rings is 1. The average Bonchev–Trinajstić information content (AvgIpc) is 2.35. The molecule has 19 heavy (non-hydrogen) atoms. The Morgan fingerprint density at radius 2 is 2.05 bits per heavy atom. The van der Waals surface area contributed by atoms with Gasteiger partial charge >= 0.3 is 6.09 Å². The zero-order chi connectivity index (χ0) is 13.6. The van der Waals surface area contributed by atoms with E-state index in [0.29, 0.717) is 13.0 Å². The Hall–Kier alpha value is -0.620. The maximum absolute atomic E-state index is 14.2. The van der Waals surface area contributed by atoms with E-state index in [1.165, 1.54) is 0 Å². The quantitative estimate of drug-likeness (QED) is 0.781. The van der Waals surface area contributed by atoms with Crippen LogP contribution in [-0.2, 0) is 4.74 Å². The third kappa shape index (κ3) is 2.94. The zero-order valence-electron chi connectivity index (χ0n) is 11.4. The van der Waals surface area contributed by atoms with E-state index in [1.807, 2.05) is 0 Å². The molecule has 0 radical (unpaired) electrons. The van der Waals surface area contributed by atoms with Crippen LogP contribution in [0.25, 0.3) is 0 Å². The van der Waals surface area contributed by atoms with Gasteiger partial charge in [0.1, 0.15) is 11.1 Å². The molecule has 1 saturated carbocycles. The van der Waals surface area contributed by atoms with Crippen LogP contribution in [0.2, 0.25) is 0 Å².